The second-order valence-corrected chi connectivity index (χ2v) is 4.19. The van der Waals surface area contributed by atoms with Gasteiger partial charge in [0.1, 0.15) is 5.75 Å². The second kappa shape index (κ2) is 9.81. The molecule has 2 N–H and O–H groups in total. The molecule has 0 aliphatic carbocycles. The second-order valence-electron chi connectivity index (χ2n) is 4.19. The van der Waals surface area contributed by atoms with Crippen LogP contribution in [0, 0.1) is 11.8 Å². The number of nitrogens with one attached hydrogen (secondary N) is 1. The molecule has 5 nitrogen and oxygen atoms in total. The van der Waals surface area contributed by atoms with Gasteiger partial charge in [0, 0.05) is 18.6 Å². The number of anilines is 1. The van der Waals surface area contributed by atoms with Gasteiger partial charge in [0.25, 0.3) is 0 Å². The molecule has 5 heteroatoms. The fourth-order valence-electron chi connectivity index (χ4n) is 1.63. The van der Waals surface area contributed by atoms with Crippen LogP contribution in [0.2, 0.25) is 0 Å². The van der Waals surface area contributed by atoms with Gasteiger partial charge < -0.3 is 19.9 Å². The Balaban J connectivity index is 2.76. The van der Waals surface area contributed by atoms with Crippen molar-refractivity contribution >= 4 is 11.6 Å². The molecule has 0 aliphatic heterocycles. The number of ether oxygens (including phenoxy) is 2. The Hall–Kier alpha value is -2.03. The molecule has 0 saturated carbocycles. The molecule has 0 aliphatic rings. The van der Waals surface area contributed by atoms with Gasteiger partial charge in [-0.1, -0.05) is 11.8 Å². The summed E-state index contributed by atoms with van der Waals surface area (Å²) < 4.78 is 10.4. The number of amides is 1. The molecule has 0 aromatic heterocycles. The molecule has 0 spiro atoms. The van der Waals surface area contributed by atoms with Crippen molar-refractivity contribution in [3.63, 3.8) is 0 Å². The van der Waals surface area contributed by atoms with Crippen LogP contribution >= 0.6 is 0 Å². The number of rotatable bonds is 7. The average Bonchev–Trinajstić information content (AvgIpc) is 2.48. The van der Waals surface area contributed by atoms with E-state index in [1.165, 1.54) is 0 Å². The molecule has 0 radical (unpaired) electrons. The predicted octanol–water partition coefficient (Wildman–Crippen LogP) is 1.79. The highest BCUT2D eigenvalue weighted by atomic mass is 16.5. The van der Waals surface area contributed by atoms with E-state index in [4.69, 9.17) is 14.6 Å². The van der Waals surface area contributed by atoms with Gasteiger partial charge in [-0.05, 0) is 25.1 Å². The zero-order valence-corrected chi connectivity index (χ0v) is 12.4. The quantitative estimate of drug-likeness (QED) is 0.594. The zero-order valence-electron chi connectivity index (χ0n) is 12.4. The van der Waals surface area contributed by atoms with Gasteiger partial charge in [0.2, 0.25) is 5.91 Å². The minimum absolute atomic E-state index is 0.0319. The summed E-state index contributed by atoms with van der Waals surface area (Å²) in [5.41, 5.74) is 1.33. The maximum atomic E-state index is 11.8. The van der Waals surface area contributed by atoms with Gasteiger partial charge in [0.15, 0.2) is 0 Å². The monoisotopic (exact) mass is 291 g/mol. The Kier molecular flexibility index (Phi) is 7.95. The average molecular weight is 291 g/mol. The van der Waals surface area contributed by atoms with Crippen LogP contribution in [0.3, 0.4) is 0 Å². The summed E-state index contributed by atoms with van der Waals surface area (Å²) in [7, 11) is 1.54. The summed E-state index contributed by atoms with van der Waals surface area (Å²) >= 11 is 0. The number of carbonyl (C=O) groups is 1. The maximum absolute atomic E-state index is 11.8. The Morgan fingerprint density at radius 2 is 2.24 bits per heavy atom. The topological polar surface area (TPSA) is 67.8 Å². The first-order valence-electron chi connectivity index (χ1n) is 6.86. The lowest BCUT2D eigenvalue weighted by Gasteiger charge is -2.10. The first-order valence-corrected chi connectivity index (χ1v) is 6.86. The van der Waals surface area contributed by atoms with Crippen molar-refractivity contribution < 1.29 is 19.4 Å². The molecular formula is C16H21NO4. The van der Waals surface area contributed by atoms with Gasteiger partial charge in [0.05, 0.1) is 32.4 Å². The highest BCUT2D eigenvalue weighted by Gasteiger charge is 2.08. The Morgan fingerprint density at radius 3 is 2.90 bits per heavy atom. The van der Waals surface area contributed by atoms with E-state index in [0.29, 0.717) is 31.1 Å². The minimum Gasteiger partial charge on any atom is -0.495 e. The van der Waals surface area contributed by atoms with Gasteiger partial charge in [-0.15, -0.1) is 0 Å². The van der Waals surface area contributed by atoms with E-state index in [1.807, 2.05) is 6.92 Å². The third kappa shape index (κ3) is 6.30. The summed E-state index contributed by atoms with van der Waals surface area (Å²) in [4.78, 5) is 11.8. The van der Waals surface area contributed by atoms with Gasteiger partial charge in [-0.3, -0.25) is 4.79 Å². The molecule has 0 bridgehead atoms. The fraction of sp³-hybridized carbons (Fsp3) is 0.438. The van der Waals surface area contributed by atoms with Crippen molar-refractivity contribution in [3.8, 4) is 17.6 Å². The van der Waals surface area contributed by atoms with Crippen molar-refractivity contribution in [3.05, 3.63) is 23.8 Å². The molecule has 0 saturated heterocycles. The number of methoxy groups -OCH3 is 1. The highest BCUT2D eigenvalue weighted by molar-refractivity contribution is 5.92. The number of benzene rings is 1. The van der Waals surface area contributed by atoms with E-state index in [0.717, 1.165) is 5.56 Å². The van der Waals surface area contributed by atoms with Crippen LogP contribution < -0.4 is 10.1 Å². The van der Waals surface area contributed by atoms with Crippen LogP contribution in [0.5, 0.6) is 5.75 Å². The van der Waals surface area contributed by atoms with Crippen LogP contribution in [0.4, 0.5) is 5.69 Å². The van der Waals surface area contributed by atoms with E-state index in [9.17, 15) is 4.79 Å². The predicted molar refractivity (Wildman–Crippen MR) is 81.3 cm³/mol. The minimum atomic E-state index is -0.137. The summed E-state index contributed by atoms with van der Waals surface area (Å²) in [6, 6.07) is 5.31. The number of carbonyl (C=O) groups excluding carboxylic acids is 1. The van der Waals surface area contributed by atoms with Crippen molar-refractivity contribution in [2.24, 2.45) is 0 Å². The molecule has 114 valence electrons. The molecule has 0 fully saturated rings. The summed E-state index contributed by atoms with van der Waals surface area (Å²) in [6.07, 6.45) is 0.708. The lowest BCUT2D eigenvalue weighted by molar-refractivity contribution is -0.117. The Morgan fingerprint density at radius 1 is 1.43 bits per heavy atom. The van der Waals surface area contributed by atoms with E-state index >= 15 is 0 Å². The lowest BCUT2D eigenvalue weighted by atomic mass is 10.1. The van der Waals surface area contributed by atoms with Crippen molar-refractivity contribution in [1.82, 2.24) is 0 Å². The normalized spacial score (nSPS) is 9.67. The zero-order chi connectivity index (χ0) is 15.5. The van der Waals surface area contributed by atoms with Crippen LogP contribution in [0.25, 0.3) is 0 Å². The standard InChI is InChI=1S/C16H21NO4/c1-3-21-11-9-16(19)17-14-12-13(6-4-5-10-18)7-8-15(14)20-2/h7-8,12,18H,3,5,9-11H2,1-2H3,(H,17,19). The van der Waals surface area contributed by atoms with Crippen molar-refractivity contribution in [2.45, 2.75) is 19.8 Å². The lowest BCUT2D eigenvalue weighted by Crippen LogP contribution is -2.14. The van der Waals surface area contributed by atoms with Gasteiger partial charge in [-0.2, -0.15) is 0 Å². The Bertz CT molecular complexity index is 517. The third-order valence-corrected chi connectivity index (χ3v) is 2.62. The van der Waals surface area contributed by atoms with Gasteiger partial charge in [-0.25, -0.2) is 0 Å². The maximum Gasteiger partial charge on any atom is 0.226 e. The molecular weight excluding hydrogens is 270 g/mol. The summed E-state index contributed by atoms with van der Waals surface area (Å²) in [6.45, 7) is 2.90. The molecule has 1 aromatic carbocycles. The SMILES string of the molecule is CCOCCC(=O)Nc1cc(C#CCCO)ccc1OC. The van der Waals surface area contributed by atoms with Crippen molar-refractivity contribution in [2.75, 3.05) is 32.2 Å². The summed E-state index contributed by atoms with van der Waals surface area (Å²) in [5, 5.41) is 11.5. The molecule has 1 rings (SSSR count). The Labute approximate surface area is 125 Å². The highest BCUT2D eigenvalue weighted by Crippen LogP contribution is 2.25. The van der Waals surface area contributed by atoms with E-state index in [1.54, 1.807) is 25.3 Å². The molecule has 0 unspecified atom stereocenters. The van der Waals surface area contributed by atoms with Gasteiger partial charge >= 0.3 is 0 Å². The number of hydrogen-bond acceptors (Lipinski definition) is 4. The number of hydrogen-bond donors (Lipinski definition) is 2. The van der Waals surface area contributed by atoms with Crippen molar-refractivity contribution in [1.29, 1.82) is 0 Å². The third-order valence-electron chi connectivity index (χ3n) is 2.62. The van der Waals surface area contributed by atoms with E-state index < -0.39 is 0 Å². The molecule has 21 heavy (non-hydrogen) atoms. The fourth-order valence-corrected chi connectivity index (χ4v) is 1.63. The van der Waals surface area contributed by atoms with E-state index in [2.05, 4.69) is 17.2 Å². The van der Waals surface area contributed by atoms with Crippen LogP contribution in [-0.4, -0.2) is 37.9 Å². The van der Waals surface area contributed by atoms with E-state index in [-0.39, 0.29) is 18.9 Å². The number of aliphatic hydroxyl groups excluding tert-OH is 1. The molecule has 0 atom stereocenters. The van der Waals surface area contributed by atoms with Crippen LogP contribution in [-0.2, 0) is 9.53 Å². The molecule has 1 aromatic rings. The first-order chi connectivity index (χ1) is 10.2. The largest absolute Gasteiger partial charge is 0.495 e. The smallest absolute Gasteiger partial charge is 0.226 e. The number of aliphatic hydroxyl groups is 1. The summed E-state index contributed by atoms with van der Waals surface area (Å²) in [5.74, 6) is 6.20. The van der Waals surface area contributed by atoms with Crippen LogP contribution in [0.15, 0.2) is 18.2 Å². The molecule has 1 amide bonds. The first kappa shape index (κ1) is 17.0. The molecule has 0 heterocycles. The van der Waals surface area contributed by atoms with Crippen LogP contribution in [0.1, 0.15) is 25.3 Å².